The van der Waals surface area contributed by atoms with Crippen molar-refractivity contribution in [3.8, 4) is 39.1 Å². The van der Waals surface area contributed by atoms with E-state index in [2.05, 4.69) is 229 Å². The molecule has 0 atom stereocenters. The average molecular weight is 1290 g/mol. The topological polar surface area (TPSA) is 82.0 Å². The van der Waals surface area contributed by atoms with Crippen molar-refractivity contribution in [2.24, 2.45) is 0 Å². The Labute approximate surface area is 540 Å². The molecule has 8 heteroatoms. The molecule has 0 spiro atoms. The Hall–Kier alpha value is -11.2. The molecule has 4 heterocycles. The minimum atomic E-state index is 0.674. The van der Waals surface area contributed by atoms with Crippen LogP contribution < -0.4 is 4.65 Å². The van der Waals surface area contributed by atoms with Gasteiger partial charge in [-0.15, -0.1) is 0 Å². The normalized spacial score (nSPS) is 11.8. The van der Waals surface area contributed by atoms with Gasteiger partial charge in [0.05, 0.1) is 9.13 Å². The molecular formula is C84H49BIO6. The van der Waals surface area contributed by atoms with Crippen LogP contribution in [0.5, 0.6) is 5.75 Å². The van der Waals surface area contributed by atoms with Crippen molar-refractivity contribution in [3.63, 3.8) is 0 Å². The zero-order valence-electron chi connectivity index (χ0n) is 49.2. The standard InChI is InChI=1S/C42H24O2.C24H16BO2.C18H9IO2/c1-2-12-26-23-27(22-21-25(26)11-1)38-30-15-3-5-17-32(30)39(33-18-6-4-16-31(33)38)40-41-34(28-13-7-9-19-36(28)43-41)24-35-29-14-8-10-20-37(29)44-42(35)40;26-25-27-24-21-11-5-3-9-19(21)23(20-10-4-6-12-22(20)24)18-14-13-16-7-1-2-8-17(16)15-18;19-16-17-12(10-5-1-3-7-14(10)20-17)9-13-11-6-2-4-8-15(11)21-18(13)16/h1-24H;1-15,26H;1-9H. The zero-order valence-corrected chi connectivity index (χ0v) is 51.3. The first-order valence-corrected chi connectivity index (χ1v) is 31.8. The number of fused-ring (bicyclic) bond motifs is 18. The molecule has 0 fully saturated rings. The van der Waals surface area contributed by atoms with Crippen LogP contribution in [0.4, 0.5) is 0 Å². The van der Waals surface area contributed by atoms with E-state index in [4.69, 9.17) is 22.3 Å². The van der Waals surface area contributed by atoms with E-state index in [9.17, 15) is 5.02 Å². The average Bonchev–Trinajstić information content (AvgIpc) is 1.38. The van der Waals surface area contributed by atoms with Crippen LogP contribution in [0.3, 0.4) is 0 Å². The molecule has 0 aliphatic heterocycles. The van der Waals surface area contributed by atoms with E-state index < -0.39 is 0 Å². The largest absolute Gasteiger partial charge is 0.569 e. The summed E-state index contributed by atoms with van der Waals surface area (Å²) in [6, 6.07) is 102. The summed E-state index contributed by atoms with van der Waals surface area (Å²) in [6.07, 6.45) is 0. The molecule has 0 amide bonds. The number of furan rings is 4. The minimum Gasteiger partial charge on any atom is -0.537 e. The van der Waals surface area contributed by atoms with E-state index in [-0.39, 0.29) is 0 Å². The Morgan fingerprint density at radius 1 is 0.250 bits per heavy atom. The van der Waals surface area contributed by atoms with Gasteiger partial charge in [-0.1, -0.05) is 243 Å². The van der Waals surface area contributed by atoms with E-state index in [1.165, 1.54) is 65.3 Å². The summed E-state index contributed by atoms with van der Waals surface area (Å²) in [5.41, 5.74) is 14.0. The van der Waals surface area contributed by atoms with Crippen molar-refractivity contribution in [1.82, 2.24) is 0 Å². The highest BCUT2D eigenvalue weighted by Crippen LogP contribution is 2.51. The van der Waals surface area contributed by atoms with Gasteiger partial charge in [0, 0.05) is 59.4 Å². The fraction of sp³-hybridized carbons (Fsp3) is 0. The number of rotatable bonds is 5. The number of benzene rings is 16. The second kappa shape index (κ2) is 21.8. The minimum absolute atomic E-state index is 0.674. The van der Waals surface area contributed by atoms with Crippen molar-refractivity contribution in [2.75, 3.05) is 0 Å². The summed E-state index contributed by atoms with van der Waals surface area (Å²) in [5.74, 6) is 0.674. The molecule has 431 valence electrons. The number of hydrogen-bond acceptors (Lipinski definition) is 6. The van der Waals surface area contributed by atoms with Crippen LogP contribution in [-0.4, -0.2) is 12.7 Å². The highest BCUT2D eigenvalue weighted by Gasteiger charge is 2.26. The second-order valence-electron chi connectivity index (χ2n) is 23.3. The Bertz CT molecular complexity index is 6100. The lowest BCUT2D eigenvalue weighted by Gasteiger charge is -2.18. The van der Waals surface area contributed by atoms with Crippen molar-refractivity contribution in [3.05, 3.63) is 295 Å². The van der Waals surface area contributed by atoms with E-state index in [1.54, 1.807) is 0 Å². The molecular weight excluding hydrogens is 1240 g/mol. The van der Waals surface area contributed by atoms with Crippen LogP contribution in [0.15, 0.2) is 309 Å². The molecule has 92 heavy (non-hydrogen) atoms. The van der Waals surface area contributed by atoms with Gasteiger partial charge < -0.3 is 27.3 Å². The maximum Gasteiger partial charge on any atom is 0.569 e. The van der Waals surface area contributed by atoms with Gasteiger partial charge >= 0.3 is 7.69 Å². The molecule has 0 saturated heterocycles. The fourth-order valence-electron chi connectivity index (χ4n) is 14.2. The monoisotopic (exact) mass is 1290 g/mol. The third kappa shape index (κ3) is 8.59. The molecule has 0 aliphatic carbocycles. The third-order valence-electron chi connectivity index (χ3n) is 18.3. The summed E-state index contributed by atoms with van der Waals surface area (Å²) < 4.78 is 32.1. The SMILES string of the molecule is Ic1c2oc3ccccc3c2cc2c1oc1ccccc12.O[B]Oc1c2ccccc2c(-c2ccc3ccccc3c2)c2ccccc12.c1ccc2cc(-c3c4ccccc4c(-c4c5oc6ccccc6c5cc5c4oc4ccccc45)c4ccccc34)ccc2c1. The van der Waals surface area contributed by atoms with E-state index in [0.29, 0.717) is 5.75 Å². The maximum absolute atomic E-state index is 9.30. The Balaban J connectivity index is 0.000000111. The summed E-state index contributed by atoms with van der Waals surface area (Å²) >= 11 is 2.32. The van der Waals surface area contributed by atoms with Gasteiger partial charge in [0.2, 0.25) is 0 Å². The van der Waals surface area contributed by atoms with Crippen LogP contribution in [-0.2, 0) is 0 Å². The number of hydrogen-bond donors (Lipinski definition) is 1. The first-order chi connectivity index (χ1) is 45.5. The number of para-hydroxylation sites is 4. The van der Waals surface area contributed by atoms with Gasteiger partial charge in [-0.05, 0) is 147 Å². The van der Waals surface area contributed by atoms with Gasteiger partial charge in [-0.2, -0.15) is 0 Å². The molecule has 4 aromatic heterocycles. The predicted octanol–water partition coefficient (Wildman–Crippen LogP) is 24.1. The lowest BCUT2D eigenvalue weighted by Crippen LogP contribution is -2.02. The van der Waals surface area contributed by atoms with E-state index >= 15 is 0 Å². The van der Waals surface area contributed by atoms with Gasteiger partial charge in [-0.25, -0.2) is 0 Å². The van der Waals surface area contributed by atoms with E-state index in [0.717, 1.165) is 132 Å². The van der Waals surface area contributed by atoms with Crippen molar-refractivity contribution >= 4 is 183 Å². The summed E-state index contributed by atoms with van der Waals surface area (Å²) in [4.78, 5) is 0. The summed E-state index contributed by atoms with van der Waals surface area (Å²) in [7, 11) is 0.754. The lowest BCUT2D eigenvalue weighted by atomic mass is 9.84. The first kappa shape index (κ1) is 53.8. The van der Waals surface area contributed by atoms with Crippen molar-refractivity contribution < 1.29 is 27.3 Å². The van der Waals surface area contributed by atoms with Crippen molar-refractivity contribution in [2.45, 2.75) is 0 Å². The van der Waals surface area contributed by atoms with Gasteiger partial charge in [0.1, 0.15) is 39.2 Å². The van der Waals surface area contributed by atoms with Crippen LogP contribution in [0.2, 0.25) is 0 Å². The van der Waals surface area contributed by atoms with E-state index in [1.807, 2.05) is 84.9 Å². The van der Waals surface area contributed by atoms with Gasteiger partial charge in [0.15, 0.2) is 11.2 Å². The Morgan fingerprint density at radius 3 is 0.902 bits per heavy atom. The molecule has 20 rings (SSSR count). The molecule has 1 N–H and O–H groups in total. The van der Waals surface area contributed by atoms with Gasteiger partial charge in [-0.3, -0.25) is 0 Å². The lowest BCUT2D eigenvalue weighted by molar-refractivity contribution is 0.459. The molecule has 6 nitrogen and oxygen atoms in total. The quantitative estimate of drug-likeness (QED) is 0.105. The smallest absolute Gasteiger partial charge is 0.537 e. The molecule has 20 aromatic rings. The molecule has 0 aliphatic rings. The fourth-order valence-corrected chi connectivity index (χ4v) is 15.0. The maximum atomic E-state index is 9.30. The Kier molecular flexibility index (Phi) is 12.8. The summed E-state index contributed by atoms with van der Waals surface area (Å²) in [5, 5.41) is 32.1. The molecule has 16 aromatic carbocycles. The zero-order chi connectivity index (χ0) is 61.0. The van der Waals surface area contributed by atoms with Crippen LogP contribution in [0.25, 0.3) is 186 Å². The third-order valence-corrected chi connectivity index (χ3v) is 19.3. The second-order valence-corrected chi connectivity index (χ2v) is 24.4. The predicted molar refractivity (Wildman–Crippen MR) is 391 cm³/mol. The molecule has 0 saturated carbocycles. The molecule has 0 bridgehead atoms. The molecule has 0 unspecified atom stereocenters. The highest BCUT2D eigenvalue weighted by molar-refractivity contribution is 14.1. The highest BCUT2D eigenvalue weighted by atomic mass is 127. The molecule has 1 radical (unpaired) electrons. The van der Waals surface area contributed by atoms with Gasteiger partial charge in [0.25, 0.3) is 0 Å². The number of halogens is 1. The van der Waals surface area contributed by atoms with Crippen LogP contribution in [0, 0.1) is 3.57 Å². The van der Waals surface area contributed by atoms with Crippen LogP contribution >= 0.6 is 22.6 Å². The Morgan fingerprint density at radius 2 is 0.533 bits per heavy atom. The van der Waals surface area contributed by atoms with Crippen molar-refractivity contribution in [1.29, 1.82) is 0 Å². The first-order valence-electron chi connectivity index (χ1n) is 30.7. The van der Waals surface area contributed by atoms with Crippen LogP contribution in [0.1, 0.15) is 0 Å². The summed E-state index contributed by atoms with van der Waals surface area (Å²) in [6.45, 7) is 0.